The fourth-order valence-electron chi connectivity index (χ4n) is 2.15. The van der Waals surface area contributed by atoms with Gasteiger partial charge in [-0.2, -0.15) is 0 Å². The maximum atomic E-state index is 13.1. The zero-order valence-electron chi connectivity index (χ0n) is 11.5. The Labute approximate surface area is 127 Å². The largest absolute Gasteiger partial charge is 0.339 e. The number of carbonyl (C=O) groups is 1. The minimum Gasteiger partial charge on any atom is -0.339 e. The van der Waals surface area contributed by atoms with Gasteiger partial charge in [0.15, 0.2) is 0 Å². The number of rotatable bonds is 4. The van der Waals surface area contributed by atoms with Gasteiger partial charge in [0.2, 0.25) is 5.91 Å². The molecule has 0 saturated carbocycles. The van der Waals surface area contributed by atoms with E-state index >= 15 is 0 Å². The van der Waals surface area contributed by atoms with Crippen LogP contribution in [-0.2, 0) is 11.3 Å². The second kappa shape index (κ2) is 7.15. The molecule has 1 heterocycles. The standard InChI is InChI=1S/C14H19BrFN3O/c1-18-4-6-19(7-5-18)14(20)10-17-9-11-8-12(16)2-3-13(11)15/h2-3,8,17H,4-7,9-10H2,1H3. The molecule has 1 aromatic rings. The molecule has 0 aliphatic carbocycles. The molecule has 110 valence electrons. The first-order valence-corrected chi connectivity index (χ1v) is 7.46. The monoisotopic (exact) mass is 343 g/mol. The van der Waals surface area contributed by atoms with Crippen LogP contribution in [0.25, 0.3) is 0 Å². The first-order valence-electron chi connectivity index (χ1n) is 6.67. The van der Waals surface area contributed by atoms with Crippen LogP contribution in [0.15, 0.2) is 22.7 Å². The molecule has 1 aromatic carbocycles. The Bertz CT molecular complexity index is 475. The summed E-state index contributed by atoms with van der Waals surface area (Å²) in [6.45, 7) is 4.15. The second-order valence-electron chi connectivity index (χ2n) is 5.02. The Morgan fingerprint density at radius 1 is 1.35 bits per heavy atom. The minimum atomic E-state index is -0.268. The van der Waals surface area contributed by atoms with Crippen LogP contribution in [-0.4, -0.2) is 55.5 Å². The predicted octanol–water partition coefficient (Wildman–Crippen LogP) is 1.45. The van der Waals surface area contributed by atoms with Gasteiger partial charge < -0.3 is 15.1 Å². The number of hydrogen-bond donors (Lipinski definition) is 1. The first kappa shape index (κ1) is 15.4. The van der Waals surface area contributed by atoms with Crippen LogP contribution in [0.3, 0.4) is 0 Å². The molecule has 1 amide bonds. The molecule has 1 fully saturated rings. The van der Waals surface area contributed by atoms with Crippen LogP contribution in [0, 0.1) is 5.82 Å². The summed E-state index contributed by atoms with van der Waals surface area (Å²) in [5.41, 5.74) is 0.816. The second-order valence-corrected chi connectivity index (χ2v) is 5.88. The van der Waals surface area contributed by atoms with Crippen molar-refractivity contribution in [3.05, 3.63) is 34.1 Å². The molecule has 1 aliphatic rings. The van der Waals surface area contributed by atoms with Crippen LogP contribution >= 0.6 is 15.9 Å². The highest BCUT2D eigenvalue weighted by molar-refractivity contribution is 9.10. The SMILES string of the molecule is CN1CCN(C(=O)CNCc2cc(F)ccc2Br)CC1. The van der Waals surface area contributed by atoms with Crippen LogP contribution in [0.5, 0.6) is 0 Å². The van der Waals surface area contributed by atoms with Gasteiger partial charge in [-0.05, 0) is 30.8 Å². The molecular formula is C14H19BrFN3O. The van der Waals surface area contributed by atoms with Gasteiger partial charge in [-0.15, -0.1) is 0 Å². The molecular weight excluding hydrogens is 325 g/mol. The van der Waals surface area contributed by atoms with E-state index < -0.39 is 0 Å². The average Bonchev–Trinajstić information content (AvgIpc) is 2.43. The average molecular weight is 344 g/mol. The van der Waals surface area contributed by atoms with Gasteiger partial charge in [-0.3, -0.25) is 4.79 Å². The third-order valence-corrected chi connectivity index (χ3v) is 4.23. The summed E-state index contributed by atoms with van der Waals surface area (Å²) in [4.78, 5) is 16.1. The zero-order chi connectivity index (χ0) is 14.5. The Hall–Kier alpha value is -0.980. The van der Waals surface area contributed by atoms with Gasteiger partial charge in [0.25, 0.3) is 0 Å². The third-order valence-electron chi connectivity index (χ3n) is 3.46. The summed E-state index contributed by atoms with van der Waals surface area (Å²) < 4.78 is 14.0. The topological polar surface area (TPSA) is 35.6 Å². The van der Waals surface area contributed by atoms with E-state index in [9.17, 15) is 9.18 Å². The summed E-state index contributed by atoms with van der Waals surface area (Å²) in [6, 6.07) is 4.55. The maximum Gasteiger partial charge on any atom is 0.236 e. The molecule has 1 aliphatic heterocycles. The normalized spacial score (nSPS) is 16.4. The number of hydrogen-bond acceptors (Lipinski definition) is 3. The van der Waals surface area contributed by atoms with E-state index in [1.54, 1.807) is 6.07 Å². The third kappa shape index (κ3) is 4.26. The molecule has 2 rings (SSSR count). The van der Waals surface area contributed by atoms with E-state index in [4.69, 9.17) is 0 Å². The molecule has 1 saturated heterocycles. The van der Waals surface area contributed by atoms with Crippen molar-refractivity contribution in [1.29, 1.82) is 0 Å². The summed E-state index contributed by atoms with van der Waals surface area (Å²) in [7, 11) is 2.06. The fraction of sp³-hybridized carbons (Fsp3) is 0.500. The van der Waals surface area contributed by atoms with Crippen molar-refractivity contribution in [1.82, 2.24) is 15.1 Å². The molecule has 20 heavy (non-hydrogen) atoms. The number of nitrogens with zero attached hydrogens (tertiary/aromatic N) is 2. The van der Waals surface area contributed by atoms with E-state index in [0.717, 1.165) is 36.2 Å². The van der Waals surface area contributed by atoms with Gasteiger partial charge >= 0.3 is 0 Å². The zero-order valence-corrected chi connectivity index (χ0v) is 13.1. The summed E-state index contributed by atoms with van der Waals surface area (Å²) in [5, 5.41) is 3.08. The predicted molar refractivity (Wildman–Crippen MR) is 79.9 cm³/mol. The van der Waals surface area contributed by atoms with E-state index in [1.807, 2.05) is 4.90 Å². The van der Waals surface area contributed by atoms with E-state index in [-0.39, 0.29) is 18.3 Å². The van der Waals surface area contributed by atoms with Gasteiger partial charge in [-0.1, -0.05) is 15.9 Å². The number of amides is 1. The van der Waals surface area contributed by atoms with Gasteiger partial charge in [-0.25, -0.2) is 4.39 Å². The molecule has 0 unspecified atom stereocenters. The van der Waals surface area contributed by atoms with Crippen molar-refractivity contribution in [3.63, 3.8) is 0 Å². The molecule has 0 spiro atoms. The number of benzene rings is 1. The van der Waals surface area contributed by atoms with Crippen LogP contribution in [0.2, 0.25) is 0 Å². The number of likely N-dealkylation sites (N-methyl/N-ethyl adjacent to an activating group) is 1. The van der Waals surface area contributed by atoms with Crippen molar-refractivity contribution < 1.29 is 9.18 Å². The van der Waals surface area contributed by atoms with Crippen molar-refractivity contribution in [2.75, 3.05) is 39.8 Å². The molecule has 4 nitrogen and oxygen atoms in total. The van der Waals surface area contributed by atoms with Gasteiger partial charge in [0, 0.05) is 37.2 Å². The summed E-state index contributed by atoms with van der Waals surface area (Å²) in [5.74, 6) is -0.166. The Morgan fingerprint density at radius 3 is 2.75 bits per heavy atom. The molecule has 0 atom stereocenters. The molecule has 1 N–H and O–H groups in total. The van der Waals surface area contributed by atoms with Crippen molar-refractivity contribution >= 4 is 21.8 Å². The number of piperazine rings is 1. The van der Waals surface area contributed by atoms with Gasteiger partial charge in [0.1, 0.15) is 5.82 Å². The lowest BCUT2D eigenvalue weighted by Crippen LogP contribution is -2.49. The van der Waals surface area contributed by atoms with E-state index in [0.29, 0.717) is 6.54 Å². The van der Waals surface area contributed by atoms with Crippen LogP contribution in [0.1, 0.15) is 5.56 Å². The van der Waals surface area contributed by atoms with Crippen LogP contribution < -0.4 is 5.32 Å². The summed E-state index contributed by atoms with van der Waals surface area (Å²) in [6.07, 6.45) is 0. The Kier molecular flexibility index (Phi) is 5.51. The Balaban J connectivity index is 1.78. The number of carbonyl (C=O) groups excluding carboxylic acids is 1. The first-order chi connectivity index (χ1) is 9.56. The molecule has 0 aromatic heterocycles. The highest BCUT2D eigenvalue weighted by Gasteiger charge is 2.18. The molecule has 0 bridgehead atoms. The molecule has 0 radical (unpaired) electrons. The highest BCUT2D eigenvalue weighted by atomic mass is 79.9. The maximum absolute atomic E-state index is 13.1. The van der Waals surface area contributed by atoms with Gasteiger partial charge in [0.05, 0.1) is 6.54 Å². The number of nitrogens with one attached hydrogen (secondary N) is 1. The van der Waals surface area contributed by atoms with Crippen molar-refractivity contribution in [2.45, 2.75) is 6.54 Å². The Morgan fingerprint density at radius 2 is 2.05 bits per heavy atom. The lowest BCUT2D eigenvalue weighted by molar-refractivity contribution is -0.131. The fourth-order valence-corrected chi connectivity index (χ4v) is 2.54. The quantitative estimate of drug-likeness (QED) is 0.898. The highest BCUT2D eigenvalue weighted by Crippen LogP contribution is 2.17. The molecule has 6 heteroatoms. The smallest absolute Gasteiger partial charge is 0.236 e. The van der Waals surface area contributed by atoms with Crippen LogP contribution in [0.4, 0.5) is 4.39 Å². The number of halogens is 2. The van der Waals surface area contributed by atoms with E-state index in [1.165, 1.54) is 12.1 Å². The summed E-state index contributed by atoms with van der Waals surface area (Å²) >= 11 is 3.37. The van der Waals surface area contributed by atoms with E-state index in [2.05, 4.69) is 33.2 Å². The van der Waals surface area contributed by atoms with Crippen molar-refractivity contribution in [2.24, 2.45) is 0 Å². The lowest BCUT2D eigenvalue weighted by atomic mass is 10.2. The lowest BCUT2D eigenvalue weighted by Gasteiger charge is -2.32. The minimum absolute atomic E-state index is 0.102. The van der Waals surface area contributed by atoms with Crippen molar-refractivity contribution in [3.8, 4) is 0 Å².